The Morgan fingerprint density at radius 3 is 2.43 bits per heavy atom. The molecule has 0 aliphatic carbocycles. The molecule has 2 rings (SSSR count). The van der Waals surface area contributed by atoms with Gasteiger partial charge in [0.1, 0.15) is 6.07 Å². The summed E-state index contributed by atoms with van der Waals surface area (Å²) < 4.78 is 0. The van der Waals surface area contributed by atoms with Gasteiger partial charge in [-0.1, -0.05) is 29.8 Å². The third-order valence-corrected chi connectivity index (χ3v) is 4.21. The lowest BCUT2D eigenvalue weighted by atomic mass is 10.0. The van der Waals surface area contributed by atoms with Crippen LogP contribution in [0.25, 0.3) is 0 Å². The van der Waals surface area contributed by atoms with E-state index < -0.39 is 0 Å². The predicted octanol–water partition coefficient (Wildman–Crippen LogP) is 5.15. The first-order valence-electron chi connectivity index (χ1n) is 6.64. The minimum absolute atomic E-state index is 0.135. The Labute approximate surface area is 135 Å². The van der Waals surface area contributed by atoms with Crippen molar-refractivity contribution in [2.24, 2.45) is 0 Å². The lowest BCUT2D eigenvalue weighted by Gasteiger charge is -2.28. The first kappa shape index (κ1) is 15.7. The monoisotopic (exact) mass is 318 g/mol. The number of benzene rings is 2. The quantitative estimate of drug-likeness (QED) is 0.729. The molecule has 1 atom stereocenters. The van der Waals surface area contributed by atoms with Crippen molar-refractivity contribution in [3.8, 4) is 6.07 Å². The standard InChI is InChI=1S/C17H16Cl2N2/c1-12(14-4-6-16(19)7-5-14)21(2)17-8-3-13(10-18)9-15(17)11-20/h3-9,12H,10H2,1-2H3. The molecule has 0 saturated carbocycles. The molecule has 0 heterocycles. The molecule has 4 heteroatoms. The molecule has 2 aromatic carbocycles. The van der Waals surface area contributed by atoms with E-state index in [0.717, 1.165) is 21.8 Å². The molecule has 0 aliphatic heterocycles. The van der Waals surface area contributed by atoms with Crippen molar-refractivity contribution in [1.29, 1.82) is 5.26 Å². The van der Waals surface area contributed by atoms with Crippen LogP contribution < -0.4 is 4.90 Å². The Morgan fingerprint density at radius 2 is 1.86 bits per heavy atom. The minimum Gasteiger partial charge on any atom is -0.367 e. The molecule has 21 heavy (non-hydrogen) atoms. The van der Waals surface area contributed by atoms with Crippen LogP contribution in [0.4, 0.5) is 5.69 Å². The van der Waals surface area contributed by atoms with Gasteiger partial charge in [-0.2, -0.15) is 5.26 Å². The topological polar surface area (TPSA) is 27.0 Å². The second-order valence-corrected chi connectivity index (χ2v) is 5.64. The lowest BCUT2D eigenvalue weighted by Crippen LogP contribution is -2.22. The number of halogens is 2. The summed E-state index contributed by atoms with van der Waals surface area (Å²) in [4.78, 5) is 2.08. The Morgan fingerprint density at radius 1 is 1.19 bits per heavy atom. The van der Waals surface area contributed by atoms with Gasteiger partial charge in [0.05, 0.1) is 17.3 Å². The van der Waals surface area contributed by atoms with Gasteiger partial charge in [0.15, 0.2) is 0 Å². The van der Waals surface area contributed by atoms with Crippen LogP contribution in [0.2, 0.25) is 5.02 Å². The molecule has 2 aromatic rings. The number of anilines is 1. The van der Waals surface area contributed by atoms with E-state index in [2.05, 4.69) is 17.9 Å². The van der Waals surface area contributed by atoms with Crippen molar-refractivity contribution in [2.75, 3.05) is 11.9 Å². The van der Waals surface area contributed by atoms with Crippen molar-refractivity contribution < 1.29 is 0 Å². The van der Waals surface area contributed by atoms with Crippen LogP contribution in [0.1, 0.15) is 29.7 Å². The number of nitriles is 1. The molecular formula is C17H16Cl2N2. The lowest BCUT2D eigenvalue weighted by molar-refractivity contribution is 0.739. The van der Waals surface area contributed by atoms with Gasteiger partial charge in [-0.05, 0) is 42.3 Å². The highest BCUT2D eigenvalue weighted by atomic mass is 35.5. The third-order valence-electron chi connectivity index (χ3n) is 3.65. The molecular weight excluding hydrogens is 303 g/mol. The van der Waals surface area contributed by atoms with Gasteiger partial charge in [0.25, 0.3) is 0 Å². The summed E-state index contributed by atoms with van der Waals surface area (Å²) in [6.07, 6.45) is 0. The zero-order chi connectivity index (χ0) is 15.4. The second kappa shape index (κ2) is 6.85. The molecule has 2 nitrogen and oxygen atoms in total. The fraction of sp³-hybridized carbons (Fsp3) is 0.235. The van der Waals surface area contributed by atoms with Crippen LogP contribution in [0.5, 0.6) is 0 Å². The third kappa shape index (κ3) is 3.50. The molecule has 0 radical (unpaired) electrons. The maximum absolute atomic E-state index is 9.34. The number of nitrogens with zero attached hydrogens (tertiary/aromatic N) is 2. The SMILES string of the molecule is CC(c1ccc(Cl)cc1)N(C)c1ccc(CCl)cc1C#N. The second-order valence-electron chi connectivity index (χ2n) is 4.94. The van der Waals surface area contributed by atoms with E-state index in [0.29, 0.717) is 11.4 Å². The van der Waals surface area contributed by atoms with E-state index in [1.54, 1.807) is 0 Å². The van der Waals surface area contributed by atoms with Gasteiger partial charge in [-0.3, -0.25) is 0 Å². The normalized spacial score (nSPS) is 11.8. The van der Waals surface area contributed by atoms with E-state index in [1.165, 1.54) is 0 Å². The Hall–Kier alpha value is -1.69. The van der Waals surface area contributed by atoms with Crippen molar-refractivity contribution >= 4 is 28.9 Å². The van der Waals surface area contributed by atoms with Crippen LogP contribution in [-0.2, 0) is 5.88 Å². The highest BCUT2D eigenvalue weighted by Gasteiger charge is 2.15. The van der Waals surface area contributed by atoms with Crippen LogP contribution in [0.15, 0.2) is 42.5 Å². The highest BCUT2D eigenvalue weighted by molar-refractivity contribution is 6.30. The van der Waals surface area contributed by atoms with Crippen molar-refractivity contribution in [3.05, 3.63) is 64.2 Å². The zero-order valence-corrected chi connectivity index (χ0v) is 13.5. The Balaban J connectivity index is 2.33. The van der Waals surface area contributed by atoms with Crippen LogP contribution in [-0.4, -0.2) is 7.05 Å². The average molecular weight is 319 g/mol. The summed E-state index contributed by atoms with van der Waals surface area (Å²) in [5.41, 5.74) is 3.63. The van der Waals surface area contributed by atoms with Gasteiger partial charge in [-0.15, -0.1) is 11.6 Å². The molecule has 0 fully saturated rings. The summed E-state index contributed by atoms with van der Waals surface area (Å²) in [5.74, 6) is 0.408. The number of hydrogen-bond donors (Lipinski definition) is 0. The van der Waals surface area contributed by atoms with Crippen molar-refractivity contribution in [2.45, 2.75) is 18.8 Å². The average Bonchev–Trinajstić information content (AvgIpc) is 2.53. The maximum Gasteiger partial charge on any atom is 0.101 e. The maximum atomic E-state index is 9.34. The van der Waals surface area contributed by atoms with Gasteiger partial charge in [-0.25, -0.2) is 0 Å². The summed E-state index contributed by atoms with van der Waals surface area (Å²) >= 11 is 11.8. The van der Waals surface area contributed by atoms with Crippen LogP contribution >= 0.6 is 23.2 Å². The molecule has 1 unspecified atom stereocenters. The number of alkyl halides is 1. The minimum atomic E-state index is 0.135. The molecule has 108 valence electrons. The summed E-state index contributed by atoms with van der Waals surface area (Å²) in [6, 6.07) is 15.9. The molecule has 0 spiro atoms. The summed E-state index contributed by atoms with van der Waals surface area (Å²) in [7, 11) is 1.98. The summed E-state index contributed by atoms with van der Waals surface area (Å²) in [5, 5.41) is 10.1. The molecule has 0 amide bonds. The molecule has 0 saturated heterocycles. The van der Waals surface area contributed by atoms with E-state index in [9.17, 15) is 5.26 Å². The number of hydrogen-bond acceptors (Lipinski definition) is 2. The van der Waals surface area contributed by atoms with Crippen molar-refractivity contribution in [3.63, 3.8) is 0 Å². The van der Waals surface area contributed by atoms with Gasteiger partial charge in [0.2, 0.25) is 0 Å². The largest absolute Gasteiger partial charge is 0.367 e. The highest BCUT2D eigenvalue weighted by Crippen LogP contribution is 2.29. The van der Waals surface area contributed by atoms with Gasteiger partial charge >= 0.3 is 0 Å². The van der Waals surface area contributed by atoms with E-state index in [4.69, 9.17) is 23.2 Å². The smallest absolute Gasteiger partial charge is 0.101 e. The van der Waals surface area contributed by atoms with Gasteiger partial charge < -0.3 is 4.90 Å². The summed E-state index contributed by atoms with van der Waals surface area (Å²) in [6.45, 7) is 2.10. The van der Waals surface area contributed by atoms with E-state index in [1.807, 2.05) is 49.5 Å². The van der Waals surface area contributed by atoms with E-state index >= 15 is 0 Å². The molecule has 0 N–H and O–H groups in total. The molecule has 0 aliphatic rings. The fourth-order valence-electron chi connectivity index (χ4n) is 2.24. The van der Waals surface area contributed by atoms with Crippen LogP contribution in [0, 0.1) is 11.3 Å². The Kier molecular flexibility index (Phi) is 5.12. The molecule has 0 bridgehead atoms. The van der Waals surface area contributed by atoms with Crippen LogP contribution in [0.3, 0.4) is 0 Å². The van der Waals surface area contributed by atoms with E-state index in [-0.39, 0.29) is 6.04 Å². The fourth-order valence-corrected chi connectivity index (χ4v) is 2.53. The molecule has 0 aromatic heterocycles. The predicted molar refractivity (Wildman–Crippen MR) is 89.0 cm³/mol. The Bertz CT molecular complexity index is 659. The van der Waals surface area contributed by atoms with Gasteiger partial charge in [0, 0.05) is 18.0 Å². The van der Waals surface area contributed by atoms with Crippen molar-refractivity contribution in [1.82, 2.24) is 0 Å². The first-order chi connectivity index (χ1) is 10.1. The first-order valence-corrected chi connectivity index (χ1v) is 7.55. The zero-order valence-electron chi connectivity index (χ0n) is 12.0. The number of rotatable bonds is 4.